The van der Waals surface area contributed by atoms with Crippen LogP contribution in [-0.4, -0.2) is 29.3 Å². The number of rotatable bonds is 3. The molecule has 0 N–H and O–H groups in total. The molecule has 0 aliphatic carbocycles. The second-order valence-corrected chi connectivity index (χ2v) is 5.18. The van der Waals surface area contributed by atoms with Crippen LogP contribution in [0.5, 0.6) is 0 Å². The van der Waals surface area contributed by atoms with Crippen molar-refractivity contribution in [2.45, 2.75) is 44.7 Å². The van der Waals surface area contributed by atoms with E-state index in [-0.39, 0.29) is 0 Å². The zero-order valence-corrected chi connectivity index (χ0v) is 9.92. The van der Waals surface area contributed by atoms with Gasteiger partial charge in [0.05, 0.1) is 0 Å². The van der Waals surface area contributed by atoms with Crippen molar-refractivity contribution in [2.24, 2.45) is 5.92 Å². The van der Waals surface area contributed by atoms with Gasteiger partial charge in [-0.15, -0.1) is 0 Å². The van der Waals surface area contributed by atoms with E-state index in [0.29, 0.717) is 0 Å². The molecule has 2 rings (SSSR count). The summed E-state index contributed by atoms with van der Waals surface area (Å²) in [5, 5.41) is 0. The molecule has 2 fully saturated rings. The van der Waals surface area contributed by atoms with Gasteiger partial charge >= 0.3 is 0 Å². The van der Waals surface area contributed by atoms with Crippen molar-refractivity contribution >= 4 is 12.6 Å². The summed E-state index contributed by atoms with van der Waals surface area (Å²) in [5.41, 5.74) is 0. The largest absolute Gasteiger partial charge is 0.294 e. The van der Waals surface area contributed by atoms with Gasteiger partial charge in [-0.2, -0.15) is 12.6 Å². The molecule has 2 saturated heterocycles. The maximum Gasteiger partial charge on any atom is 0.0169 e. The Balaban J connectivity index is 1.90. The lowest BCUT2D eigenvalue weighted by Crippen LogP contribution is -2.42. The lowest BCUT2D eigenvalue weighted by Gasteiger charge is -2.37. The van der Waals surface area contributed by atoms with Crippen LogP contribution in [0.4, 0.5) is 0 Å². The first kappa shape index (κ1) is 10.6. The molecular weight excluding hydrogens is 190 g/mol. The van der Waals surface area contributed by atoms with Crippen LogP contribution in [0.1, 0.15) is 32.6 Å². The monoisotopic (exact) mass is 211 g/mol. The third kappa shape index (κ3) is 2.17. The molecule has 80 valence electrons. The molecule has 0 saturated carbocycles. The molecule has 2 heterocycles. The summed E-state index contributed by atoms with van der Waals surface area (Å²) in [6.07, 6.45) is 10.2. The molecule has 0 radical (unpaired) electrons. The minimum absolute atomic E-state index is 0.875. The van der Waals surface area contributed by atoms with Crippen LogP contribution >= 0.6 is 12.6 Å². The molecule has 14 heavy (non-hydrogen) atoms. The van der Waals surface area contributed by atoms with Crippen LogP contribution < -0.4 is 0 Å². The maximum absolute atomic E-state index is 4.19. The summed E-state index contributed by atoms with van der Waals surface area (Å²) in [6, 6.07) is 1.77. The Morgan fingerprint density at radius 3 is 2.43 bits per heavy atom. The molecule has 2 aliphatic heterocycles. The minimum Gasteiger partial charge on any atom is -0.294 e. The van der Waals surface area contributed by atoms with Crippen molar-refractivity contribution in [3.05, 3.63) is 12.2 Å². The Labute approximate surface area is 93.0 Å². The Kier molecular flexibility index (Phi) is 3.56. The van der Waals surface area contributed by atoms with Gasteiger partial charge < -0.3 is 0 Å². The van der Waals surface area contributed by atoms with E-state index in [1.807, 2.05) is 0 Å². The fourth-order valence-electron chi connectivity index (χ4n) is 3.12. The molecule has 2 aliphatic rings. The zero-order valence-electron chi connectivity index (χ0n) is 9.02. The van der Waals surface area contributed by atoms with Gasteiger partial charge in [0.15, 0.2) is 0 Å². The molecule has 0 aromatic carbocycles. The fraction of sp³-hybridized carbons (Fsp3) is 0.833. The third-order valence-electron chi connectivity index (χ3n) is 3.71. The smallest absolute Gasteiger partial charge is 0.0169 e. The van der Waals surface area contributed by atoms with E-state index in [1.165, 1.54) is 25.7 Å². The second-order valence-electron chi connectivity index (χ2n) is 4.81. The molecule has 0 spiro atoms. The number of piperidine rings is 1. The minimum atomic E-state index is 0.875. The summed E-state index contributed by atoms with van der Waals surface area (Å²) >= 11 is 4.19. The second kappa shape index (κ2) is 4.71. The molecule has 0 aromatic rings. The topological polar surface area (TPSA) is 3.24 Å². The van der Waals surface area contributed by atoms with Gasteiger partial charge in [-0.05, 0) is 31.6 Å². The first-order chi connectivity index (χ1) is 6.81. The summed E-state index contributed by atoms with van der Waals surface area (Å²) in [5.74, 6) is 1.83. The summed E-state index contributed by atoms with van der Waals surface area (Å²) in [4.78, 5) is 2.71. The van der Waals surface area contributed by atoms with E-state index >= 15 is 0 Å². The number of hydrogen-bond donors (Lipinski definition) is 1. The molecule has 1 nitrogen and oxygen atoms in total. The van der Waals surface area contributed by atoms with E-state index in [4.69, 9.17) is 0 Å². The molecule has 0 amide bonds. The number of nitrogens with zero attached hydrogens (tertiary/aromatic N) is 1. The van der Waals surface area contributed by atoms with Gasteiger partial charge in [0.25, 0.3) is 0 Å². The van der Waals surface area contributed by atoms with E-state index in [0.717, 1.165) is 30.3 Å². The predicted octanol–water partition coefficient (Wildman–Crippen LogP) is 2.74. The first-order valence-corrected chi connectivity index (χ1v) is 6.46. The molecule has 0 aromatic heterocycles. The van der Waals surface area contributed by atoms with Crippen LogP contribution in [0.2, 0.25) is 0 Å². The van der Waals surface area contributed by atoms with E-state index in [2.05, 4.69) is 36.6 Å². The SMILES string of the molecule is CC1CC2CCC(C1)N2C/C=C/CS. The van der Waals surface area contributed by atoms with Crippen molar-refractivity contribution in [1.29, 1.82) is 0 Å². The summed E-state index contributed by atoms with van der Waals surface area (Å²) in [6.45, 7) is 3.56. The summed E-state index contributed by atoms with van der Waals surface area (Å²) < 4.78 is 0. The number of fused-ring (bicyclic) bond motifs is 2. The lowest BCUT2D eigenvalue weighted by molar-refractivity contribution is 0.124. The Bertz CT molecular complexity index is 200. The Morgan fingerprint density at radius 1 is 1.21 bits per heavy atom. The molecule has 2 bridgehead atoms. The number of thiol groups is 1. The Hall–Kier alpha value is 0.0500. The van der Waals surface area contributed by atoms with Crippen molar-refractivity contribution < 1.29 is 0 Å². The first-order valence-electron chi connectivity index (χ1n) is 5.83. The fourth-order valence-corrected chi connectivity index (χ4v) is 3.26. The van der Waals surface area contributed by atoms with Crippen molar-refractivity contribution in [3.8, 4) is 0 Å². The standard InChI is InChI=1S/C12H21NS/c1-10-8-11-4-5-12(9-10)13(11)6-2-3-7-14/h2-3,10-12,14H,4-9H2,1H3/b3-2+. The quantitative estimate of drug-likeness (QED) is 0.555. The molecule has 2 atom stereocenters. The van der Waals surface area contributed by atoms with E-state index < -0.39 is 0 Å². The van der Waals surface area contributed by atoms with E-state index in [1.54, 1.807) is 0 Å². The van der Waals surface area contributed by atoms with Gasteiger partial charge in [0, 0.05) is 24.4 Å². The molecular formula is C12H21NS. The van der Waals surface area contributed by atoms with Gasteiger partial charge in [-0.3, -0.25) is 4.90 Å². The summed E-state index contributed by atoms with van der Waals surface area (Å²) in [7, 11) is 0. The maximum atomic E-state index is 4.19. The average molecular weight is 211 g/mol. The highest BCUT2D eigenvalue weighted by molar-refractivity contribution is 7.80. The van der Waals surface area contributed by atoms with Crippen LogP contribution in [-0.2, 0) is 0 Å². The molecule has 2 unspecified atom stereocenters. The van der Waals surface area contributed by atoms with Crippen LogP contribution in [0.25, 0.3) is 0 Å². The average Bonchev–Trinajstić information content (AvgIpc) is 2.42. The van der Waals surface area contributed by atoms with Gasteiger partial charge in [-0.25, -0.2) is 0 Å². The number of hydrogen-bond acceptors (Lipinski definition) is 2. The van der Waals surface area contributed by atoms with Crippen LogP contribution in [0.3, 0.4) is 0 Å². The van der Waals surface area contributed by atoms with Crippen molar-refractivity contribution in [1.82, 2.24) is 4.90 Å². The lowest BCUT2D eigenvalue weighted by atomic mass is 9.92. The van der Waals surface area contributed by atoms with Crippen LogP contribution in [0, 0.1) is 5.92 Å². The molecule has 2 heteroatoms. The van der Waals surface area contributed by atoms with Gasteiger partial charge in [0.1, 0.15) is 0 Å². The van der Waals surface area contributed by atoms with Crippen molar-refractivity contribution in [3.63, 3.8) is 0 Å². The third-order valence-corrected chi connectivity index (χ3v) is 3.92. The normalized spacial score (nSPS) is 38.3. The van der Waals surface area contributed by atoms with Gasteiger partial charge in [0.2, 0.25) is 0 Å². The van der Waals surface area contributed by atoms with Crippen LogP contribution in [0.15, 0.2) is 12.2 Å². The van der Waals surface area contributed by atoms with Crippen molar-refractivity contribution in [2.75, 3.05) is 12.3 Å². The highest BCUT2D eigenvalue weighted by Crippen LogP contribution is 2.37. The zero-order chi connectivity index (χ0) is 9.97. The highest BCUT2D eigenvalue weighted by Gasteiger charge is 2.38. The predicted molar refractivity (Wildman–Crippen MR) is 64.9 cm³/mol. The Morgan fingerprint density at radius 2 is 1.86 bits per heavy atom. The van der Waals surface area contributed by atoms with Gasteiger partial charge in [-0.1, -0.05) is 19.1 Å². The van der Waals surface area contributed by atoms with E-state index in [9.17, 15) is 0 Å². The highest BCUT2D eigenvalue weighted by atomic mass is 32.1.